The number of hydrogen-bond acceptors (Lipinski definition) is 2. The van der Waals surface area contributed by atoms with E-state index in [9.17, 15) is 9.90 Å². The maximum atomic E-state index is 12.2. The van der Waals surface area contributed by atoms with Crippen LogP contribution in [-0.2, 0) is 0 Å². The minimum absolute atomic E-state index is 0.0542. The highest BCUT2D eigenvalue weighted by Crippen LogP contribution is 2.25. The van der Waals surface area contributed by atoms with Crippen molar-refractivity contribution in [2.45, 2.75) is 32.7 Å². The van der Waals surface area contributed by atoms with Crippen molar-refractivity contribution in [1.29, 1.82) is 0 Å². The maximum Gasteiger partial charge on any atom is 0.253 e. The number of rotatable bonds is 4. The van der Waals surface area contributed by atoms with E-state index in [1.807, 2.05) is 0 Å². The van der Waals surface area contributed by atoms with Crippen molar-refractivity contribution in [3.8, 4) is 5.75 Å². The normalized spacial score (nSPS) is 10.6. The summed E-state index contributed by atoms with van der Waals surface area (Å²) in [4.78, 5) is 13.9. The SMILES string of the molecule is CCC(CC)N(C)C(=O)c1ccc(Br)c(O)c1. The molecular formula is C13H18BrNO2. The molecule has 0 spiro atoms. The number of halogens is 1. The van der Waals surface area contributed by atoms with E-state index in [-0.39, 0.29) is 17.7 Å². The van der Waals surface area contributed by atoms with E-state index in [0.717, 1.165) is 12.8 Å². The second-order valence-corrected chi connectivity index (χ2v) is 4.91. The molecule has 1 N–H and O–H groups in total. The highest BCUT2D eigenvalue weighted by Gasteiger charge is 2.18. The van der Waals surface area contributed by atoms with Crippen LogP contribution in [0.5, 0.6) is 5.75 Å². The fraction of sp³-hybridized carbons (Fsp3) is 0.462. The third kappa shape index (κ3) is 3.22. The number of benzene rings is 1. The average molecular weight is 300 g/mol. The number of hydrogen-bond donors (Lipinski definition) is 1. The first-order valence-electron chi connectivity index (χ1n) is 5.76. The van der Waals surface area contributed by atoms with Gasteiger partial charge in [-0.2, -0.15) is 0 Å². The molecule has 1 aromatic rings. The van der Waals surface area contributed by atoms with Crippen LogP contribution in [0.3, 0.4) is 0 Å². The quantitative estimate of drug-likeness (QED) is 0.925. The van der Waals surface area contributed by atoms with Crippen molar-refractivity contribution in [2.75, 3.05) is 7.05 Å². The predicted molar refractivity (Wildman–Crippen MR) is 72.3 cm³/mol. The van der Waals surface area contributed by atoms with Crippen molar-refractivity contribution < 1.29 is 9.90 Å². The summed E-state index contributed by atoms with van der Waals surface area (Å²) >= 11 is 3.20. The molecule has 0 heterocycles. The maximum absolute atomic E-state index is 12.2. The summed E-state index contributed by atoms with van der Waals surface area (Å²) in [5, 5.41) is 9.57. The second kappa shape index (κ2) is 6.05. The molecule has 0 aliphatic heterocycles. The van der Waals surface area contributed by atoms with Gasteiger partial charge in [-0.15, -0.1) is 0 Å². The molecule has 0 atom stereocenters. The van der Waals surface area contributed by atoms with E-state index >= 15 is 0 Å². The van der Waals surface area contributed by atoms with Crippen LogP contribution in [0, 0.1) is 0 Å². The fourth-order valence-corrected chi connectivity index (χ4v) is 2.10. The molecule has 0 aliphatic rings. The second-order valence-electron chi connectivity index (χ2n) is 4.05. The molecule has 0 saturated heterocycles. The molecule has 0 radical (unpaired) electrons. The first kappa shape index (κ1) is 14.0. The molecule has 0 saturated carbocycles. The Kier molecular flexibility index (Phi) is 5.00. The van der Waals surface area contributed by atoms with Gasteiger partial charge in [0.05, 0.1) is 4.47 Å². The standard InChI is InChI=1S/C13H18BrNO2/c1-4-10(5-2)15(3)13(17)9-6-7-11(14)12(16)8-9/h6-8,10,16H,4-5H2,1-3H3. The van der Waals surface area contributed by atoms with Gasteiger partial charge in [0, 0.05) is 18.7 Å². The average Bonchev–Trinajstić information content (AvgIpc) is 2.33. The Hall–Kier alpha value is -1.03. The zero-order chi connectivity index (χ0) is 13.0. The van der Waals surface area contributed by atoms with Gasteiger partial charge in [-0.1, -0.05) is 13.8 Å². The lowest BCUT2D eigenvalue weighted by Crippen LogP contribution is -2.36. The molecule has 0 bridgehead atoms. The zero-order valence-corrected chi connectivity index (χ0v) is 12.0. The van der Waals surface area contributed by atoms with Crippen molar-refractivity contribution in [1.82, 2.24) is 4.90 Å². The Morgan fingerprint density at radius 2 is 2.00 bits per heavy atom. The first-order valence-corrected chi connectivity index (χ1v) is 6.56. The Morgan fingerprint density at radius 3 is 2.47 bits per heavy atom. The number of carbonyl (C=O) groups is 1. The summed E-state index contributed by atoms with van der Waals surface area (Å²) in [6.45, 7) is 4.13. The number of phenols is 1. The molecule has 1 aromatic carbocycles. The van der Waals surface area contributed by atoms with Gasteiger partial charge in [0.1, 0.15) is 5.75 Å². The Morgan fingerprint density at radius 1 is 1.41 bits per heavy atom. The highest BCUT2D eigenvalue weighted by atomic mass is 79.9. The number of amides is 1. The van der Waals surface area contributed by atoms with E-state index in [4.69, 9.17) is 0 Å². The molecule has 0 fully saturated rings. The van der Waals surface area contributed by atoms with Crippen LogP contribution in [0.2, 0.25) is 0 Å². The van der Waals surface area contributed by atoms with E-state index in [1.54, 1.807) is 24.1 Å². The molecule has 0 unspecified atom stereocenters. The number of carbonyl (C=O) groups excluding carboxylic acids is 1. The summed E-state index contributed by atoms with van der Waals surface area (Å²) in [6, 6.07) is 5.13. The van der Waals surface area contributed by atoms with Crippen molar-refractivity contribution in [3.63, 3.8) is 0 Å². The van der Waals surface area contributed by atoms with E-state index in [0.29, 0.717) is 10.0 Å². The summed E-state index contributed by atoms with van der Waals surface area (Å²) in [5.41, 5.74) is 0.514. The van der Waals surface area contributed by atoms with Crippen LogP contribution in [0.15, 0.2) is 22.7 Å². The van der Waals surface area contributed by atoms with Crippen LogP contribution < -0.4 is 0 Å². The van der Waals surface area contributed by atoms with Gasteiger partial charge < -0.3 is 10.0 Å². The summed E-state index contributed by atoms with van der Waals surface area (Å²) < 4.78 is 0.597. The fourth-order valence-electron chi connectivity index (χ4n) is 1.85. The number of phenolic OH excluding ortho intramolecular Hbond substituents is 1. The largest absolute Gasteiger partial charge is 0.507 e. The minimum atomic E-state index is -0.0542. The van der Waals surface area contributed by atoms with E-state index in [2.05, 4.69) is 29.8 Å². The van der Waals surface area contributed by atoms with Crippen molar-refractivity contribution >= 4 is 21.8 Å². The molecule has 1 rings (SSSR count). The Bertz CT molecular complexity index is 402. The third-order valence-electron chi connectivity index (χ3n) is 3.00. The van der Waals surface area contributed by atoms with E-state index in [1.165, 1.54) is 6.07 Å². The molecule has 1 amide bonds. The van der Waals surface area contributed by atoms with Gasteiger partial charge in [0.2, 0.25) is 0 Å². The van der Waals surface area contributed by atoms with Gasteiger partial charge in [-0.3, -0.25) is 4.79 Å². The Balaban J connectivity index is 2.92. The monoisotopic (exact) mass is 299 g/mol. The van der Waals surface area contributed by atoms with Crippen LogP contribution in [0.25, 0.3) is 0 Å². The molecule has 94 valence electrons. The molecule has 3 nitrogen and oxygen atoms in total. The van der Waals surface area contributed by atoms with Crippen molar-refractivity contribution in [3.05, 3.63) is 28.2 Å². The number of nitrogens with zero attached hydrogens (tertiary/aromatic N) is 1. The predicted octanol–water partition coefficient (Wildman–Crippen LogP) is 3.42. The van der Waals surface area contributed by atoms with Gasteiger partial charge >= 0.3 is 0 Å². The lowest BCUT2D eigenvalue weighted by Gasteiger charge is -2.26. The summed E-state index contributed by atoms with van der Waals surface area (Å²) in [6.07, 6.45) is 1.86. The van der Waals surface area contributed by atoms with Crippen LogP contribution in [0.4, 0.5) is 0 Å². The van der Waals surface area contributed by atoms with Gasteiger partial charge in [-0.25, -0.2) is 0 Å². The van der Waals surface area contributed by atoms with E-state index < -0.39 is 0 Å². The topological polar surface area (TPSA) is 40.5 Å². The first-order chi connectivity index (χ1) is 8.01. The molecule has 17 heavy (non-hydrogen) atoms. The minimum Gasteiger partial charge on any atom is -0.507 e. The van der Waals surface area contributed by atoms with Crippen LogP contribution in [-0.4, -0.2) is 29.0 Å². The third-order valence-corrected chi connectivity index (χ3v) is 3.67. The van der Waals surface area contributed by atoms with Crippen molar-refractivity contribution in [2.24, 2.45) is 0 Å². The highest BCUT2D eigenvalue weighted by molar-refractivity contribution is 9.10. The van der Waals surface area contributed by atoms with Gasteiger partial charge in [0.25, 0.3) is 5.91 Å². The van der Waals surface area contributed by atoms with Crippen LogP contribution >= 0.6 is 15.9 Å². The van der Waals surface area contributed by atoms with Crippen LogP contribution in [0.1, 0.15) is 37.0 Å². The zero-order valence-electron chi connectivity index (χ0n) is 10.4. The molecule has 4 heteroatoms. The summed E-state index contributed by atoms with van der Waals surface area (Å²) in [5.74, 6) is 0.0373. The molecular weight excluding hydrogens is 282 g/mol. The molecule has 0 aliphatic carbocycles. The lowest BCUT2D eigenvalue weighted by atomic mass is 10.1. The lowest BCUT2D eigenvalue weighted by molar-refractivity contribution is 0.0723. The Labute approximate surface area is 111 Å². The number of aromatic hydroxyl groups is 1. The summed E-state index contributed by atoms with van der Waals surface area (Å²) in [7, 11) is 1.80. The molecule has 0 aromatic heterocycles. The van der Waals surface area contributed by atoms with Gasteiger partial charge in [0.15, 0.2) is 0 Å². The van der Waals surface area contributed by atoms with Gasteiger partial charge in [-0.05, 0) is 47.0 Å². The smallest absolute Gasteiger partial charge is 0.253 e.